The van der Waals surface area contributed by atoms with Crippen LogP contribution in [0, 0.1) is 0 Å². The molecule has 0 aliphatic carbocycles. The Morgan fingerprint density at radius 1 is 0.269 bits per heavy atom. The molecule has 0 aliphatic heterocycles. The van der Waals surface area contributed by atoms with E-state index in [2.05, 4.69) is 164 Å². The molecule has 12 rings (SSSR count). The number of hydrogen-bond acceptors (Lipinski definition) is 2. The highest BCUT2D eigenvalue weighted by molar-refractivity contribution is 7.25. The summed E-state index contributed by atoms with van der Waals surface area (Å²) in [7, 11) is 0. The van der Waals surface area contributed by atoms with Gasteiger partial charge in [0.1, 0.15) is 11.2 Å². The maximum absolute atomic E-state index is 6.36. The first-order valence-corrected chi connectivity index (χ1v) is 18.6. The van der Waals surface area contributed by atoms with Gasteiger partial charge in [0.2, 0.25) is 0 Å². The van der Waals surface area contributed by atoms with Crippen LogP contribution in [0.25, 0.3) is 118 Å². The van der Waals surface area contributed by atoms with E-state index in [1.807, 2.05) is 17.4 Å². The summed E-state index contributed by atoms with van der Waals surface area (Å²) in [5, 5.41) is 17.6. The van der Waals surface area contributed by atoms with E-state index in [0.29, 0.717) is 0 Å². The Kier molecular flexibility index (Phi) is 5.71. The van der Waals surface area contributed by atoms with E-state index in [0.717, 1.165) is 21.9 Å². The molecule has 0 amide bonds. The number of thiophene rings is 1. The molecule has 0 radical (unpaired) electrons. The molecule has 12 aromatic rings. The maximum atomic E-state index is 6.36. The lowest BCUT2D eigenvalue weighted by Crippen LogP contribution is -1.85. The molecule has 52 heavy (non-hydrogen) atoms. The quantitative estimate of drug-likeness (QED) is 0.166. The fourth-order valence-electron chi connectivity index (χ4n) is 8.67. The van der Waals surface area contributed by atoms with Gasteiger partial charge in [0.05, 0.1) is 0 Å². The highest BCUT2D eigenvalue weighted by atomic mass is 32.1. The topological polar surface area (TPSA) is 13.1 Å². The molecular weight excluding hydrogens is 649 g/mol. The van der Waals surface area contributed by atoms with Gasteiger partial charge in [-0.05, 0) is 131 Å². The highest BCUT2D eigenvalue weighted by Crippen LogP contribution is 2.43. The first kappa shape index (κ1) is 28.2. The van der Waals surface area contributed by atoms with Crippen LogP contribution < -0.4 is 0 Å². The molecule has 0 N–H and O–H groups in total. The minimum Gasteiger partial charge on any atom is -0.456 e. The molecular formula is C50H28OS. The van der Waals surface area contributed by atoms with Gasteiger partial charge in [-0.15, -0.1) is 11.3 Å². The summed E-state index contributed by atoms with van der Waals surface area (Å²) in [6, 6.07) is 62.7. The van der Waals surface area contributed by atoms with Crippen LogP contribution in [0.15, 0.2) is 174 Å². The van der Waals surface area contributed by atoms with E-state index in [-0.39, 0.29) is 0 Å². The Hall–Kier alpha value is -6.48. The van der Waals surface area contributed by atoms with Crippen LogP contribution in [0.4, 0.5) is 0 Å². The van der Waals surface area contributed by atoms with Crippen molar-refractivity contribution in [2.75, 3.05) is 0 Å². The summed E-state index contributed by atoms with van der Waals surface area (Å²) >= 11 is 1.87. The first-order chi connectivity index (χ1) is 25.7. The van der Waals surface area contributed by atoms with Gasteiger partial charge in [-0.3, -0.25) is 0 Å². The Morgan fingerprint density at radius 2 is 0.750 bits per heavy atom. The van der Waals surface area contributed by atoms with Crippen LogP contribution in [0.3, 0.4) is 0 Å². The average Bonchev–Trinajstić information content (AvgIpc) is 3.77. The molecule has 0 saturated heterocycles. The van der Waals surface area contributed by atoms with Crippen molar-refractivity contribution < 1.29 is 4.42 Å². The lowest BCUT2D eigenvalue weighted by molar-refractivity contribution is 0.669. The molecule has 2 aromatic heterocycles. The molecule has 1 nitrogen and oxygen atoms in total. The van der Waals surface area contributed by atoms with Crippen molar-refractivity contribution >= 4 is 107 Å². The molecule has 0 saturated carbocycles. The predicted molar refractivity (Wildman–Crippen MR) is 225 cm³/mol. The van der Waals surface area contributed by atoms with Crippen molar-refractivity contribution in [3.63, 3.8) is 0 Å². The number of para-hydroxylation sites is 1. The summed E-state index contributed by atoms with van der Waals surface area (Å²) in [6.45, 7) is 0. The molecule has 2 heterocycles. The summed E-state index contributed by atoms with van der Waals surface area (Å²) in [6.07, 6.45) is 0. The average molecular weight is 677 g/mol. The smallest absolute Gasteiger partial charge is 0.136 e. The van der Waals surface area contributed by atoms with E-state index in [1.165, 1.54) is 96.3 Å². The van der Waals surface area contributed by atoms with Gasteiger partial charge in [-0.1, -0.05) is 115 Å². The van der Waals surface area contributed by atoms with Gasteiger partial charge >= 0.3 is 0 Å². The first-order valence-electron chi connectivity index (χ1n) is 17.8. The number of benzene rings is 10. The third-order valence-corrected chi connectivity index (χ3v) is 12.4. The van der Waals surface area contributed by atoms with Crippen LogP contribution in [-0.4, -0.2) is 0 Å². The molecule has 0 aliphatic rings. The summed E-state index contributed by atoms with van der Waals surface area (Å²) in [4.78, 5) is 0. The minimum atomic E-state index is 0.929. The van der Waals surface area contributed by atoms with Crippen molar-refractivity contribution in [2.45, 2.75) is 0 Å². The minimum absolute atomic E-state index is 0.929. The molecule has 0 unspecified atom stereocenters. The normalized spacial score (nSPS) is 12.2. The zero-order valence-electron chi connectivity index (χ0n) is 28.0. The van der Waals surface area contributed by atoms with Crippen molar-refractivity contribution in [1.82, 2.24) is 0 Å². The van der Waals surface area contributed by atoms with Crippen LogP contribution in [0.1, 0.15) is 0 Å². The van der Waals surface area contributed by atoms with Crippen molar-refractivity contribution in [3.8, 4) is 22.3 Å². The largest absolute Gasteiger partial charge is 0.456 e. The second kappa shape index (κ2) is 10.5. The van der Waals surface area contributed by atoms with E-state index in [9.17, 15) is 0 Å². The van der Waals surface area contributed by atoms with Crippen LogP contribution in [0.5, 0.6) is 0 Å². The van der Waals surface area contributed by atoms with Crippen LogP contribution in [-0.2, 0) is 0 Å². The number of hydrogen-bond donors (Lipinski definition) is 0. The monoisotopic (exact) mass is 676 g/mol. The predicted octanol–water partition coefficient (Wildman–Crippen LogP) is 15.1. The lowest BCUT2D eigenvalue weighted by Gasteiger charge is -2.12. The van der Waals surface area contributed by atoms with Crippen LogP contribution in [0.2, 0.25) is 0 Å². The Labute approximate surface area is 302 Å². The molecule has 2 heteroatoms. The number of fused-ring (bicyclic) bond motifs is 15. The van der Waals surface area contributed by atoms with Gasteiger partial charge in [-0.25, -0.2) is 0 Å². The third kappa shape index (κ3) is 4.04. The fourth-order valence-corrected chi connectivity index (χ4v) is 9.74. The molecule has 0 spiro atoms. The van der Waals surface area contributed by atoms with Crippen molar-refractivity contribution in [3.05, 3.63) is 170 Å². The van der Waals surface area contributed by atoms with Gasteiger partial charge in [0.15, 0.2) is 0 Å². The van der Waals surface area contributed by atoms with E-state index in [4.69, 9.17) is 4.42 Å². The second-order valence-electron chi connectivity index (χ2n) is 14.0. The molecule has 0 bridgehead atoms. The summed E-state index contributed by atoms with van der Waals surface area (Å²) < 4.78 is 8.98. The highest BCUT2D eigenvalue weighted by Gasteiger charge is 2.15. The van der Waals surface area contributed by atoms with Gasteiger partial charge < -0.3 is 4.42 Å². The van der Waals surface area contributed by atoms with E-state index in [1.54, 1.807) is 0 Å². The van der Waals surface area contributed by atoms with E-state index >= 15 is 0 Å². The van der Waals surface area contributed by atoms with Crippen molar-refractivity contribution in [2.24, 2.45) is 0 Å². The Morgan fingerprint density at radius 3 is 1.48 bits per heavy atom. The third-order valence-electron chi connectivity index (χ3n) is 11.2. The van der Waals surface area contributed by atoms with Crippen molar-refractivity contribution in [1.29, 1.82) is 0 Å². The Bertz CT molecular complexity index is 3470. The number of rotatable bonds is 2. The number of furan rings is 1. The van der Waals surface area contributed by atoms with Gasteiger partial charge in [0.25, 0.3) is 0 Å². The fraction of sp³-hybridized carbons (Fsp3) is 0. The Balaban J connectivity index is 1.03. The van der Waals surface area contributed by atoms with Gasteiger partial charge in [-0.2, -0.15) is 0 Å². The molecule has 0 fully saturated rings. The maximum Gasteiger partial charge on any atom is 0.136 e. The van der Waals surface area contributed by atoms with Gasteiger partial charge in [0, 0.05) is 30.9 Å². The molecule has 10 aromatic carbocycles. The van der Waals surface area contributed by atoms with Crippen LogP contribution >= 0.6 is 11.3 Å². The summed E-state index contributed by atoms with van der Waals surface area (Å²) in [5.74, 6) is 0. The lowest BCUT2D eigenvalue weighted by atomic mass is 9.91. The molecule has 0 atom stereocenters. The summed E-state index contributed by atoms with van der Waals surface area (Å²) in [5.41, 5.74) is 6.80. The zero-order valence-corrected chi connectivity index (χ0v) is 28.8. The zero-order chi connectivity index (χ0) is 33.9. The van der Waals surface area contributed by atoms with E-state index < -0.39 is 0 Å². The molecule has 240 valence electrons. The standard InChI is InChI=1S/C50H28OS/c1-2-8-35-29(7-1)13-14-30-15-16-31(23-40(30)35)33-18-21-49-45(25-33)46-26-34(19-22-50(46)52-49)32-17-20-38-41(24-32)36-9-3-4-10-37(36)42-27-44-39-11-5-6-12-47(39)51-48(44)28-43(38)42/h1-28H. The SMILES string of the molecule is c1ccc2c(c1)ccc1ccc(-c3ccc4sc5ccc(-c6ccc7c(c6)c6ccccc6c6cc8c(cc76)oc6ccccc68)cc5c4c3)cc12. The second-order valence-corrected chi connectivity index (χ2v) is 15.1.